The molecule has 0 aromatic carbocycles. The summed E-state index contributed by atoms with van der Waals surface area (Å²) in [6.07, 6.45) is 63.3. The average molecular weight is 2070 g/mol. The quantitative estimate of drug-likeness (QED) is 0.0418. The lowest BCUT2D eigenvalue weighted by Gasteiger charge is -2.47. The van der Waals surface area contributed by atoms with Crippen molar-refractivity contribution in [3.05, 3.63) is 0 Å². The lowest BCUT2D eigenvalue weighted by atomic mass is 9.68. The highest BCUT2D eigenvalue weighted by Crippen LogP contribution is 2.49. The first-order valence-corrected chi connectivity index (χ1v) is 57.0. The first-order valence-electron chi connectivity index (χ1n) is 57.0. The molecule has 0 N–H and O–H groups in total. The van der Waals surface area contributed by atoms with E-state index in [1.807, 2.05) is 125 Å². The Hall–Kier alpha value is -4.77. The monoisotopic (exact) mass is 2070 g/mol. The lowest BCUT2D eigenvalue weighted by Crippen LogP contribution is -2.49. The van der Waals surface area contributed by atoms with Crippen LogP contribution in [0.25, 0.3) is 0 Å². The molecule has 0 bridgehead atoms. The Morgan fingerprint density at radius 1 is 0.200 bits per heavy atom. The maximum atomic E-state index is 12.1. The van der Waals surface area contributed by atoms with Crippen molar-refractivity contribution >= 4 is 53.7 Å². The van der Waals surface area contributed by atoms with E-state index in [0.717, 1.165) is 218 Å². The fourth-order valence-electron chi connectivity index (χ4n) is 20.2. The SMILES string of the molecule is C.C.C.C.C.C.C.C.C.CCC(C)C(=O)OC1(C(C)(C)C)CCCC1.CCC(C)C(=O)OC1(C(C)(C)C)CCCCC1.CCC(C)C(=O)OC1(C)CCCC1.CCC(C)C(=O)OC1(C)CCCCC1.CCC(C)C(=O)OC1(CC)CCCC1.CCC(C)C(=O)OC1(CC)CCCCC1.CCCC1(OC(=O)C(C)CC)CCCC1.CCCC1(OC(=O)C(C)CC)CCCCC1.CCCCC1(OC(=O)C(C)CC)CCCC1. The van der Waals surface area contributed by atoms with Gasteiger partial charge in [-0.15, -0.1) is 0 Å². The lowest BCUT2D eigenvalue weighted by molar-refractivity contribution is -0.184. The molecule has 9 aliphatic carbocycles. The minimum atomic E-state index is -0.230. The molecule has 0 radical (unpaired) electrons. The van der Waals surface area contributed by atoms with Crippen molar-refractivity contribution in [2.24, 2.45) is 64.1 Å². The summed E-state index contributed by atoms with van der Waals surface area (Å²) in [6.45, 7) is 63.9. The number of hydrogen-bond donors (Lipinski definition) is 0. The Balaban J connectivity index is -0.000000204. The van der Waals surface area contributed by atoms with Gasteiger partial charge in [-0.2, -0.15) is 0 Å². The first kappa shape index (κ1) is 158. The molecule has 0 aliphatic heterocycles. The third kappa shape index (κ3) is 56.1. The zero-order valence-electron chi connectivity index (χ0n) is 94.6. The van der Waals surface area contributed by atoms with E-state index in [4.69, 9.17) is 42.6 Å². The van der Waals surface area contributed by atoms with Gasteiger partial charge in [0.25, 0.3) is 0 Å². The summed E-state index contributed by atoms with van der Waals surface area (Å²) in [5.74, 6) is 0.391. The van der Waals surface area contributed by atoms with E-state index in [9.17, 15) is 43.2 Å². The smallest absolute Gasteiger partial charge is 0.309 e. The largest absolute Gasteiger partial charge is 0.459 e. The highest BCUT2D eigenvalue weighted by Gasteiger charge is 2.50. The molecule has 9 fully saturated rings. The Morgan fingerprint density at radius 2 is 0.352 bits per heavy atom. The molecule has 9 aliphatic rings. The fourth-order valence-corrected chi connectivity index (χ4v) is 20.2. The summed E-state index contributed by atoms with van der Waals surface area (Å²) in [7, 11) is 0. The number of rotatable bonds is 36. The summed E-state index contributed by atoms with van der Waals surface area (Å²) < 4.78 is 51.7. The van der Waals surface area contributed by atoms with Crippen molar-refractivity contribution in [1.82, 2.24) is 0 Å². The van der Waals surface area contributed by atoms with E-state index in [2.05, 4.69) is 90.0 Å². The van der Waals surface area contributed by atoms with E-state index in [1.165, 1.54) is 154 Å². The van der Waals surface area contributed by atoms with Crippen LogP contribution < -0.4 is 0 Å². The molecule has 18 nitrogen and oxygen atoms in total. The third-order valence-corrected chi connectivity index (χ3v) is 33.1. The normalized spacial score (nSPS) is 20.5. The molecule has 0 aromatic rings. The molecule has 870 valence electrons. The second-order valence-electron chi connectivity index (χ2n) is 46.5. The molecule has 0 heterocycles. The van der Waals surface area contributed by atoms with Crippen LogP contribution in [0.4, 0.5) is 0 Å². The van der Waals surface area contributed by atoms with Crippen LogP contribution in [0, 0.1) is 64.1 Å². The number of hydrogen-bond acceptors (Lipinski definition) is 18. The molecule has 9 atom stereocenters. The van der Waals surface area contributed by atoms with E-state index >= 15 is 0 Å². The minimum absolute atomic E-state index is 0. The number of carbonyl (C=O) groups excluding carboxylic acids is 9. The number of carbonyl (C=O) groups is 9. The Labute approximate surface area is 902 Å². The number of ether oxygens (including phenoxy) is 9. The standard InChI is InChI=1S/C15H28O2.3C14H26O2.2C13H24O2.2C12H22O2.C11H20O2.9CH4/c1-6-12(2)13(16)17-15(14(3,4)5)10-8-7-9-11-15;1-6-11(2)12(15)16-14(13(3,4)5)9-7-8-10-14;1-4-9-14(10-7-6-8-11-14)16-13(15)12(3)5-2;1-4-6-9-14(10-7-8-11-14)16-13(15)12(3)5-2;1-4-11(3)12(14)15-13(5-2)9-7-6-8-10-13;1-4-8-13(9-6-7-10-13)15-12(14)11(3)5-2;1-4-10(2)11(13)14-12(3)8-6-5-7-9-12;1-4-10(3)11(13)14-12(5-2)8-6-7-9-12;1-4-9(2)10(12)13-11(3)7-5-6-8-11;;;;;;;;;/h12H,6-11H2,1-5H3;11H,6-10H2,1-5H3;2*12H,4-11H2,1-3H3;2*11H,4-10H2,1-3H3;2*10H,4-9H2,1-3H3;9H,4-8H2,1-3H3;9*1H4. The van der Waals surface area contributed by atoms with Crippen molar-refractivity contribution in [2.75, 3.05) is 0 Å². The van der Waals surface area contributed by atoms with Crippen molar-refractivity contribution in [3.8, 4) is 0 Å². The van der Waals surface area contributed by atoms with Crippen LogP contribution in [0.15, 0.2) is 0 Å². The second kappa shape index (κ2) is 80.1. The predicted octanol–water partition coefficient (Wildman–Crippen LogP) is 39.0. The van der Waals surface area contributed by atoms with Gasteiger partial charge in [0, 0.05) is 10.8 Å². The maximum Gasteiger partial charge on any atom is 0.309 e. The maximum absolute atomic E-state index is 12.1. The van der Waals surface area contributed by atoms with Gasteiger partial charge in [0.05, 0.1) is 53.3 Å². The van der Waals surface area contributed by atoms with E-state index in [1.54, 1.807) is 0 Å². The zero-order valence-corrected chi connectivity index (χ0v) is 94.6. The topological polar surface area (TPSA) is 237 Å². The van der Waals surface area contributed by atoms with Crippen LogP contribution in [0.1, 0.15) is 654 Å². The van der Waals surface area contributed by atoms with Gasteiger partial charge in [-0.3, -0.25) is 43.2 Å². The molecule has 0 saturated heterocycles. The molecule has 145 heavy (non-hydrogen) atoms. The third-order valence-electron chi connectivity index (χ3n) is 33.1. The summed E-state index contributed by atoms with van der Waals surface area (Å²) in [6, 6.07) is 0. The van der Waals surface area contributed by atoms with Gasteiger partial charge in [0.2, 0.25) is 0 Å². The van der Waals surface area contributed by atoms with Crippen molar-refractivity contribution < 1.29 is 85.8 Å². The van der Waals surface area contributed by atoms with E-state index in [-0.39, 0.29) is 235 Å². The molecule has 18 heteroatoms. The Morgan fingerprint density at radius 3 is 0.538 bits per heavy atom. The highest BCUT2D eigenvalue weighted by molar-refractivity contribution is 5.76. The van der Waals surface area contributed by atoms with Gasteiger partial charge < -0.3 is 42.6 Å². The Kier molecular flexibility index (Phi) is 87.2. The highest BCUT2D eigenvalue weighted by atomic mass is 16.6. The van der Waals surface area contributed by atoms with E-state index < -0.39 is 0 Å². The van der Waals surface area contributed by atoms with Crippen LogP contribution >= 0.6 is 0 Å². The molecular formula is C127H254O18. The van der Waals surface area contributed by atoms with Crippen LogP contribution in [-0.4, -0.2) is 104 Å². The minimum Gasteiger partial charge on any atom is -0.459 e. The summed E-state index contributed by atoms with van der Waals surface area (Å²) in [5, 5.41) is 0. The van der Waals surface area contributed by atoms with Gasteiger partial charge in [-0.05, 0) is 341 Å². The van der Waals surface area contributed by atoms with Gasteiger partial charge in [-0.1, -0.05) is 313 Å². The van der Waals surface area contributed by atoms with Crippen molar-refractivity contribution in [2.45, 2.75) is 704 Å². The van der Waals surface area contributed by atoms with Crippen LogP contribution in [0.2, 0.25) is 0 Å². The predicted molar refractivity (Wildman–Crippen MR) is 620 cm³/mol. The molecular weight excluding hydrogens is 1810 g/mol. The molecule has 0 amide bonds. The van der Waals surface area contributed by atoms with Crippen LogP contribution in [0.3, 0.4) is 0 Å². The van der Waals surface area contributed by atoms with Crippen molar-refractivity contribution in [3.63, 3.8) is 0 Å². The van der Waals surface area contributed by atoms with Gasteiger partial charge in [-0.25, -0.2) is 0 Å². The summed E-state index contributed by atoms with van der Waals surface area (Å²) in [4.78, 5) is 106. The number of unbranched alkanes of at least 4 members (excludes halogenated alkanes) is 1. The zero-order chi connectivity index (χ0) is 103. The van der Waals surface area contributed by atoms with Gasteiger partial charge >= 0.3 is 53.7 Å². The Bertz CT molecular complexity index is 3230. The second-order valence-corrected chi connectivity index (χ2v) is 46.5. The summed E-state index contributed by atoms with van der Waals surface area (Å²) in [5.41, 5.74) is -1.24. The van der Waals surface area contributed by atoms with Gasteiger partial charge in [0.1, 0.15) is 50.4 Å². The molecule has 0 aromatic heterocycles. The van der Waals surface area contributed by atoms with Gasteiger partial charge in [0.15, 0.2) is 0 Å². The molecule has 9 saturated carbocycles. The first-order chi connectivity index (χ1) is 64.0. The van der Waals surface area contributed by atoms with Crippen LogP contribution in [-0.2, 0) is 85.8 Å². The molecule has 9 rings (SSSR count). The van der Waals surface area contributed by atoms with Crippen molar-refractivity contribution in [1.29, 1.82) is 0 Å². The summed E-state index contributed by atoms with van der Waals surface area (Å²) >= 11 is 0. The average Bonchev–Trinajstić information content (AvgIpc) is 1.75. The van der Waals surface area contributed by atoms with Crippen LogP contribution in [0.5, 0.6) is 0 Å². The fraction of sp³-hybridized carbons (Fsp3) is 0.929. The molecule has 9 unspecified atom stereocenters. The number of esters is 9. The van der Waals surface area contributed by atoms with E-state index in [0.29, 0.717) is 0 Å². The molecule has 0 spiro atoms.